The first kappa shape index (κ1) is 12.7. The summed E-state index contributed by atoms with van der Waals surface area (Å²) >= 11 is 0. The SMILES string of the molecule is CCC(C)CNCc1ccc(C(N)=O)cc1. The molecule has 88 valence electrons. The summed E-state index contributed by atoms with van der Waals surface area (Å²) in [4.78, 5) is 10.9. The van der Waals surface area contributed by atoms with E-state index in [1.165, 1.54) is 12.0 Å². The quantitative estimate of drug-likeness (QED) is 0.769. The fourth-order valence-corrected chi connectivity index (χ4v) is 1.39. The van der Waals surface area contributed by atoms with Crippen LogP contribution in [0, 0.1) is 5.92 Å². The van der Waals surface area contributed by atoms with Gasteiger partial charge in [0.2, 0.25) is 5.91 Å². The van der Waals surface area contributed by atoms with Crippen LogP contribution in [0.3, 0.4) is 0 Å². The minimum absolute atomic E-state index is 0.376. The Labute approximate surface area is 97.0 Å². The molecule has 3 heteroatoms. The number of nitrogens with two attached hydrogens (primary N) is 1. The van der Waals surface area contributed by atoms with Crippen LogP contribution in [0.15, 0.2) is 24.3 Å². The molecule has 0 aromatic heterocycles. The van der Waals surface area contributed by atoms with E-state index in [0.717, 1.165) is 13.1 Å². The molecule has 0 heterocycles. The maximum Gasteiger partial charge on any atom is 0.248 e. The van der Waals surface area contributed by atoms with E-state index < -0.39 is 0 Å². The third-order valence-electron chi connectivity index (χ3n) is 2.76. The van der Waals surface area contributed by atoms with Gasteiger partial charge in [0.15, 0.2) is 0 Å². The van der Waals surface area contributed by atoms with Crippen LogP contribution in [-0.4, -0.2) is 12.5 Å². The average molecular weight is 220 g/mol. The molecule has 3 N–H and O–H groups in total. The Bertz CT molecular complexity index is 332. The summed E-state index contributed by atoms with van der Waals surface area (Å²) in [7, 11) is 0. The van der Waals surface area contributed by atoms with Crippen LogP contribution < -0.4 is 11.1 Å². The monoisotopic (exact) mass is 220 g/mol. The topological polar surface area (TPSA) is 55.1 Å². The summed E-state index contributed by atoms with van der Waals surface area (Å²) in [6.07, 6.45) is 1.19. The summed E-state index contributed by atoms with van der Waals surface area (Å²) < 4.78 is 0. The average Bonchev–Trinajstić information content (AvgIpc) is 2.29. The lowest BCUT2D eigenvalue weighted by atomic mass is 10.1. The van der Waals surface area contributed by atoms with E-state index in [1.807, 2.05) is 12.1 Å². The molecule has 0 fully saturated rings. The maximum absolute atomic E-state index is 10.9. The second kappa shape index (κ2) is 6.28. The number of nitrogens with one attached hydrogen (secondary N) is 1. The van der Waals surface area contributed by atoms with E-state index in [0.29, 0.717) is 11.5 Å². The van der Waals surface area contributed by atoms with Gasteiger partial charge in [0.1, 0.15) is 0 Å². The van der Waals surface area contributed by atoms with Crippen LogP contribution in [-0.2, 0) is 6.54 Å². The zero-order valence-electron chi connectivity index (χ0n) is 9.99. The summed E-state index contributed by atoms with van der Waals surface area (Å²) in [6.45, 7) is 6.27. The molecule has 0 aliphatic heterocycles. The highest BCUT2D eigenvalue weighted by Crippen LogP contribution is 2.04. The number of carbonyl (C=O) groups is 1. The smallest absolute Gasteiger partial charge is 0.248 e. The predicted molar refractivity (Wildman–Crippen MR) is 66.1 cm³/mol. The highest BCUT2D eigenvalue weighted by atomic mass is 16.1. The van der Waals surface area contributed by atoms with Crippen LogP contribution >= 0.6 is 0 Å². The molecule has 0 saturated carbocycles. The Morgan fingerprint density at radius 2 is 2.00 bits per heavy atom. The number of rotatable bonds is 6. The minimum atomic E-state index is -0.376. The molecule has 3 nitrogen and oxygen atoms in total. The number of hydrogen-bond donors (Lipinski definition) is 2. The van der Waals surface area contributed by atoms with Gasteiger partial charge in [0, 0.05) is 12.1 Å². The number of carbonyl (C=O) groups excluding carboxylic acids is 1. The first-order valence-electron chi connectivity index (χ1n) is 5.73. The van der Waals surface area contributed by atoms with Crippen LogP contribution in [0.5, 0.6) is 0 Å². The molecule has 0 aliphatic rings. The molecule has 0 radical (unpaired) electrons. The van der Waals surface area contributed by atoms with Crippen molar-refractivity contribution in [3.8, 4) is 0 Å². The Morgan fingerprint density at radius 1 is 1.38 bits per heavy atom. The van der Waals surface area contributed by atoms with Crippen LogP contribution in [0.25, 0.3) is 0 Å². The molecule has 16 heavy (non-hydrogen) atoms. The normalized spacial score (nSPS) is 12.4. The molecule has 1 unspecified atom stereocenters. The number of primary amides is 1. The first-order chi connectivity index (χ1) is 7.63. The zero-order chi connectivity index (χ0) is 12.0. The minimum Gasteiger partial charge on any atom is -0.366 e. The fraction of sp³-hybridized carbons (Fsp3) is 0.462. The summed E-state index contributed by atoms with van der Waals surface area (Å²) in [5, 5.41) is 3.38. The van der Waals surface area contributed by atoms with E-state index in [-0.39, 0.29) is 5.91 Å². The van der Waals surface area contributed by atoms with Crippen molar-refractivity contribution in [2.75, 3.05) is 6.54 Å². The lowest BCUT2D eigenvalue weighted by Crippen LogP contribution is -2.20. The summed E-state index contributed by atoms with van der Waals surface area (Å²) in [5.74, 6) is 0.323. The molecule has 0 spiro atoms. The summed E-state index contributed by atoms with van der Waals surface area (Å²) in [5.41, 5.74) is 6.90. The van der Waals surface area contributed by atoms with Gasteiger partial charge < -0.3 is 11.1 Å². The Morgan fingerprint density at radius 3 is 2.50 bits per heavy atom. The standard InChI is InChI=1S/C13H20N2O/c1-3-10(2)8-15-9-11-4-6-12(7-5-11)13(14)16/h4-7,10,15H,3,8-9H2,1-2H3,(H2,14,16). The number of hydrogen-bond acceptors (Lipinski definition) is 2. The van der Waals surface area contributed by atoms with Crippen molar-refractivity contribution >= 4 is 5.91 Å². The third-order valence-corrected chi connectivity index (χ3v) is 2.76. The van der Waals surface area contributed by atoms with Gasteiger partial charge in [0.25, 0.3) is 0 Å². The molecular weight excluding hydrogens is 200 g/mol. The van der Waals surface area contributed by atoms with Crippen molar-refractivity contribution in [1.82, 2.24) is 5.32 Å². The molecule has 1 aromatic rings. The molecule has 1 aromatic carbocycles. The second-order valence-corrected chi connectivity index (χ2v) is 4.21. The van der Waals surface area contributed by atoms with E-state index >= 15 is 0 Å². The lowest BCUT2D eigenvalue weighted by molar-refractivity contribution is 0.100. The Kier molecular flexibility index (Phi) is 4.99. The Hall–Kier alpha value is -1.35. The maximum atomic E-state index is 10.9. The van der Waals surface area contributed by atoms with Gasteiger partial charge in [-0.25, -0.2) is 0 Å². The van der Waals surface area contributed by atoms with Gasteiger partial charge in [-0.15, -0.1) is 0 Å². The van der Waals surface area contributed by atoms with Gasteiger partial charge in [-0.05, 0) is 30.2 Å². The van der Waals surface area contributed by atoms with E-state index in [1.54, 1.807) is 12.1 Å². The number of benzene rings is 1. The highest BCUT2D eigenvalue weighted by molar-refractivity contribution is 5.92. The van der Waals surface area contributed by atoms with Crippen LogP contribution in [0.4, 0.5) is 0 Å². The molecule has 0 aliphatic carbocycles. The van der Waals surface area contributed by atoms with Crippen molar-refractivity contribution in [1.29, 1.82) is 0 Å². The van der Waals surface area contributed by atoms with Gasteiger partial charge in [-0.2, -0.15) is 0 Å². The molecule has 1 rings (SSSR count). The highest BCUT2D eigenvalue weighted by Gasteiger charge is 2.00. The van der Waals surface area contributed by atoms with Gasteiger partial charge in [0.05, 0.1) is 0 Å². The predicted octanol–water partition coefficient (Wildman–Crippen LogP) is 1.92. The van der Waals surface area contributed by atoms with Crippen LogP contribution in [0.1, 0.15) is 36.2 Å². The van der Waals surface area contributed by atoms with E-state index in [9.17, 15) is 4.79 Å². The summed E-state index contributed by atoms with van der Waals surface area (Å²) in [6, 6.07) is 7.40. The zero-order valence-corrected chi connectivity index (χ0v) is 9.99. The van der Waals surface area contributed by atoms with Crippen LogP contribution in [0.2, 0.25) is 0 Å². The van der Waals surface area contributed by atoms with Crippen molar-refractivity contribution in [2.45, 2.75) is 26.8 Å². The van der Waals surface area contributed by atoms with Gasteiger partial charge >= 0.3 is 0 Å². The van der Waals surface area contributed by atoms with Crippen molar-refractivity contribution in [2.24, 2.45) is 11.7 Å². The van der Waals surface area contributed by atoms with E-state index in [2.05, 4.69) is 19.2 Å². The Balaban J connectivity index is 2.40. The first-order valence-corrected chi connectivity index (χ1v) is 5.73. The van der Waals surface area contributed by atoms with Gasteiger partial charge in [-0.1, -0.05) is 32.4 Å². The fourth-order valence-electron chi connectivity index (χ4n) is 1.39. The van der Waals surface area contributed by atoms with Crippen molar-refractivity contribution in [3.05, 3.63) is 35.4 Å². The number of amides is 1. The molecule has 0 bridgehead atoms. The van der Waals surface area contributed by atoms with Crippen molar-refractivity contribution in [3.63, 3.8) is 0 Å². The van der Waals surface area contributed by atoms with E-state index in [4.69, 9.17) is 5.73 Å². The lowest BCUT2D eigenvalue weighted by Gasteiger charge is -2.10. The van der Waals surface area contributed by atoms with Crippen molar-refractivity contribution < 1.29 is 4.79 Å². The van der Waals surface area contributed by atoms with Gasteiger partial charge in [-0.3, -0.25) is 4.79 Å². The molecule has 0 saturated heterocycles. The third kappa shape index (κ3) is 4.03. The largest absolute Gasteiger partial charge is 0.366 e. The molecule has 1 amide bonds. The molecular formula is C13H20N2O. The second-order valence-electron chi connectivity index (χ2n) is 4.21. The molecule has 1 atom stereocenters.